The molecule has 1 rings (SSSR count). The van der Waals surface area contributed by atoms with Gasteiger partial charge in [0.1, 0.15) is 6.04 Å². The molecule has 1 aliphatic heterocycles. The average Bonchev–Trinajstić information content (AvgIpc) is 2.42. The predicted molar refractivity (Wildman–Crippen MR) is 78.5 cm³/mol. The highest BCUT2D eigenvalue weighted by molar-refractivity contribution is 5.86. The highest BCUT2D eigenvalue weighted by Crippen LogP contribution is 2.18. The normalized spacial score (nSPS) is 24.7. The molecule has 0 aromatic rings. The van der Waals surface area contributed by atoms with Crippen LogP contribution in [0.3, 0.4) is 0 Å². The second-order valence-corrected chi connectivity index (χ2v) is 6.13. The monoisotopic (exact) mass is 284 g/mol. The van der Waals surface area contributed by atoms with Gasteiger partial charge in [0.25, 0.3) is 0 Å². The first-order chi connectivity index (χ1) is 9.36. The molecule has 5 heteroatoms. The number of aliphatic carboxylic acids is 1. The van der Waals surface area contributed by atoms with Gasteiger partial charge in [-0.15, -0.1) is 0 Å². The first-order valence-electron chi connectivity index (χ1n) is 7.64. The lowest BCUT2D eigenvalue weighted by molar-refractivity contribution is -0.144. The lowest BCUT2D eigenvalue weighted by atomic mass is 9.97. The summed E-state index contributed by atoms with van der Waals surface area (Å²) in [6.45, 7) is 9.67. The highest BCUT2D eigenvalue weighted by Gasteiger charge is 2.30. The third-order valence-electron chi connectivity index (χ3n) is 4.39. The Morgan fingerprint density at radius 2 is 2.05 bits per heavy atom. The van der Waals surface area contributed by atoms with Crippen molar-refractivity contribution in [2.45, 2.75) is 59.0 Å². The number of hydrogen-bond donors (Lipinski definition) is 2. The average molecular weight is 284 g/mol. The van der Waals surface area contributed by atoms with Gasteiger partial charge in [0.05, 0.1) is 6.04 Å². The van der Waals surface area contributed by atoms with Gasteiger partial charge < -0.3 is 10.4 Å². The topological polar surface area (TPSA) is 69.6 Å². The standard InChI is InChI=1S/C15H28N2O3/c1-5-11(3)13(15(19)20)16-14(18)12(4)17-8-6-7-10(2)9-17/h10-13H,5-9H2,1-4H3,(H,16,18)(H,19,20). The number of nitrogens with one attached hydrogen (secondary N) is 1. The molecule has 4 atom stereocenters. The summed E-state index contributed by atoms with van der Waals surface area (Å²) < 4.78 is 0. The van der Waals surface area contributed by atoms with E-state index in [0.717, 1.165) is 25.9 Å². The van der Waals surface area contributed by atoms with Crippen molar-refractivity contribution in [2.75, 3.05) is 13.1 Å². The van der Waals surface area contributed by atoms with Gasteiger partial charge in [-0.05, 0) is 38.1 Å². The van der Waals surface area contributed by atoms with Crippen LogP contribution in [-0.2, 0) is 9.59 Å². The quantitative estimate of drug-likeness (QED) is 0.779. The van der Waals surface area contributed by atoms with Gasteiger partial charge in [-0.2, -0.15) is 0 Å². The van der Waals surface area contributed by atoms with E-state index in [9.17, 15) is 14.7 Å². The lowest BCUT2D eigenvalue weighted by Crippen LogP contribution is -2.54. The summed E-state index contributed by atoms with van der Waals surface area (Å²) in [5, 5.41) is 11.9. The van der Waals surface area contributed by atoms with Crippen LogP contribution in [0.25, 0.3) is 0 Å². The van der Waals surface area contributed by atoms with Crippen LogP contribution in [0.2, 0.25) is 0 Å². The summed E-state index contributed by atoms with van der Waals surface area (Å²) in [5.41, 5.74) is 0. The van der Waals surface area contributed by atoms with E-state index in [4.69, 9.17) is 0 Å². The molecule has 1 fully saturated rings. The van der Waals surface area contributed by atoms with Crippen LogP contribution >= 0.6 is 0 Å². The fourth-order valence-electron chi connectivity index (χ4n) is 2.70. The minimum atomic E-state index is -0.952. The third kappa shape index (κ3) is 4.47. The Hall–Kier alpha value is -1.10. The fraction of sp³-hybridized carbons (Fsp3) is 0.867. The van der Waals surface area contributed by atoms with E-state index in [2.05, 4.69) is 17.1 Å². The molecule has 1 heterocycles. The number of carboxylic acids is 1. The highest BCUT2D eigenvalue weighted by atomic mass is 16.4. The molecule has 1 amide bonds. The minimum Gasteiger partial charge on any atom is -0.480 e. The Labute approximate surface area is 121 Å². The van der Waals surface area contributed by atoms with Gasteiger partial charge in [0.15, 0.2) is 0 Å². The van der Waals surface area contributed by atoms with Crippen molar-refractivity contribution in [3.63, 3.8) is 0 Å². The lowest BCUT2D eigenvalue weighted by Gasteiger charge is -2.35. The summed E-state index contributed by atoms with van der Waals surface area (Å²) in [6, 6.07) is -1.05. The number of nitrogens with zero attached hydrogens (tertiary/aromatic N) is 1. The summed E-state index contributed by atoms with van der Waals surface area (Å²) in [5.74, 6) is -0.591. The zero-order valence-electron chi connectivity index (χ0n) is 13.1. The van der Waals surface area contributed by atoms with Crippen LogP contribution < -0.4 is 5.32 Å². The number of carbonyl (C=O) groups is 2. The van der Waals surface area contributed by atoms with Gasteiger partial charge in [-0.1, -0.05) is 27.2 Å². The Bertz CT molecular complexity index is 346. The van der Waals surface area contributed by atoms with E-state index in [-0.39, 0.29) is 17.9 Å². The number of amides is 1. The van der Waals surface area contributed by atoms with E-state index in [1.165, 1.54) is 6.42 Å². The number of piperidine rings is 1. The molecular weight excluding hydrogens is 256 g/mol. The molecular formula is C15H28N2O3. The Morgan fingerprint density at radius 3 is 2.55 bits per heavy atom. The summed E-state index contributed by atoms with van der Waals surface area (Å²) >= 11 is 0. The Kier molecular flexibility index (Phi) is 6.46. The fourth-order valence-corrected chi connectivity index (χ4v) is 2.70. The van der Waals surface area contributed by atoms with E-state index in [0.29, 0.717) is 5.92 Å². The molecule has 5 nitrogen and oxygen atoms in total. The van der Waals surface area contributed by atoms with Gasteiger partial charge >= 0.3 is 5.97 Å². The Balaban J connectivity index is 2.61. The van der Waals surface area contributed by atoms with Crippen molar-refractivity contribution in [3.05, 3.63) is 0 Å². The molecule has 0 aromatic carbocycles. The van der Waals surface area contributed by atoms with Crippen molar-refractivity contribution in [1.29, 1.82) is 0 Å². The predicted octanol–water partition coefficient (Wildman–Crippen LogP) is 1.72. The maximum atomic E-state index is 12.3. The second kappa shape index (κ2) is 7.62. The Morgan fingerprint density at radius 1 is 1.40 bits per heavy atom. The van der Waals surface area contributed by atoms with Crippen LogP contribution in [0.15, 0.2) is 0 Å². The molecule has 0 saturated carbocycles. The molecule has 20 heavy (non-hydrogen) atoms. The molecule has 116 valence electrons. The summed E-state index contributed by atoms with van der Waals surface area (Å²) in [6.07, 6.45) is 3.04. The van der Waals surface area contributed by atoms with Gasteiger partial charge in [0, 0.05) is 6.54 Å². The van der Waals surface area contributed by atoms with E-state index >= 15 is 0 Å². The van der Waals surface area contributed by atoms with Crippen LogP contribution in [0.4, 0.5) is 0 Å². The van der Waals surface area contributed by atoms with Crippen molar-refractivity contribution in [2.24, 2.45) is 11.8 Å². The maximum Gasteiger partial charge on any atom is 0.326 e. The molecule has 0 aromatic heterocycles. The largest absolute Gasteiger partial charge is 0.480 e. The van der Waals surface area contributed by atoms with E-state index in [1.807, 2.05) is 20.8 Å². The second-order valence-electron chi connectivity index (χ2n) is 6.13. The van der Waals surface area contributed by atoms with Crippen molar-refractivity contribution in [1.82, 2.24) is 10.2 Å². The first-order valence-corrected chi connectivity index (χ1v) is 7.64. The molecule has 4 unspecified atom stereocenters. The number of likely N-dealkylation sites (tertiary alicyclic amines) is 1. The zero-order chi connectivity index (χ0) is 15.3. The maximum absolute atomic E-state index is 12.3. The molecule has 0 radical (unpaired) electrons. The van der Waals surface area contributed by atoms with Crippen molar-refractivity contribution < 1.29 is 14.7 Å². The molecule has 1 aliphatic rings. The van der Waals surface area contributed by atoms with Crippen LogP contribution in [0.1, 0.15) is 47.0 Å². The molecule has 2 N–H and O–H groups in total. The molecule has 0 spiro atoms. The van der Waals surface area contributed by atoms with Crippen LogP contribution in [0.5, 0.6) is 0 Å². The SMILES string of the molecule is CCC(C)C(NC(=O)C(C)N1CCCC(C)C1)C(=O)O. The molecule has 1 saturated heterocycles. The van der Waals surface area contributed by atoms with Crippen LogP contribution in [-0.4, -0.2) is 47.1 Å². The number of carboxylic acid groups (broad SMARTS) is 1. The zero-order valence-corrected chi connectivity index (χ0v) is 13.1. The number of rotatable bonds is 6. The third-order valence-corrected chi connectivity index (χ3v) is 4.39. The summed E-state index contributed by atoms with van der Waals surface area (Å²) in [4.78, 5) is 25.7. The summed E-state index contributed by atoms with van der Waals surface area (Å²) in [7, 11) is 0. The van der Waals surface area contributed by atoms with Crippen molar-refractivity contribution in [3.8, 4) is 0 Å². The number of carbonyl (C=O) groups excluding carboxylic acids is 1. The van der Waals surface area contributed by atoms with E-state index < -0.39 is 12.0 Å². The van der Waals surface area contributed by atoms with Crippen LogP contribution in [0, 0.1) is 11.8 Å². The van der Waals surface area contributed by atoms with E-state index in [1.54, 1.807) is 0 Å². The van der Waals surface area contributed by atoms with Crippen molar-refractivity contribution >= 4 is 11.9 Å². The van der Waals surface area contributed by atoms with Gasteiger partial charge in [0.2, 0.25) is 5.91 Å². The van der Waals surface area contributed by atoms with Gasteiger partial charge in [-0.3, -0.25) is 9.69 Å². The smallest absolute Gasteiger partial charge is 0.326 e. The minimum absolute atomic E-state index is 0.0658. The van der Waals surface area contributed by atoms with Gasteiger partial charge in [-0.25, -0.2) is 4.79 Å². The first kappa shape index (κ1) is 17.0. The number of hydrogen-bond acceptors (Lipinski definition) is 3. The molecule has 0 bridgehead atoms. The molecule has 0 aliphatic carbocycles.